The highest BCUT2D eigenvalue weighted by Gasteiger charge is 2.41. The van der Waals surface area contributed by atoms with Gasteiger partial charge >= 0.3 is 0 Å². The number of amides is 1. The van der Waals surface area contributed by atoms with Gasteiger partial charge in [0.1, 0.15) is 6.10 Å². The van der Waals surface area contributed by atoms with Gasteiger partial charge in [-0.2, -0.15) is 5.10 Å². The molecule has 1 aromatic rings. The largest absolute Gasteiger partial charge is 0.371 e. The summed E-state index contributed by atoms with van der Waals surface area (Å²) in [5.41, 5.74) is 1.01. The third-order valence-electron chi connectivity index (χ3n) is 5.69. The molecule has 0 bridgehead atoms. The van der Waals surface area contributed by atoms with Crippen molar-refractivity contribution in [2.45, 2.75) is 37.8 Å². The fourth-order valence-electron chi connectivity index (χ4n) is 4.38. The summed E-state index contributed by atoms with van der Waals surface area (Å²) < 4.78 is 7.71. The zero-order valence-corrected chi connectivity index (χ0v) is 13.9. The first-order valence-electron chi connectivity index (χ1n) is 8.86. The molecule has 1 aromatic heterocycles. The van der Waals surface area contributed by atoms with Gasteiger partial charge in [0.25, 0.3) is 0 Å². The van der Waals surface area contributed by atoms with Gasteiger partial charge in [-0.3, -0.25) is 14.4 Å². The van der Waals surface area contributed by atoms with E-state index in [2.05, 4.69) is 14.9 Å². The third kappa shape index (κ3) is 2.78. The Kier molecular flexibility index (Phi) is 4.11. The minimum Gasteiger partial charge on any atom is -0.371 e. The summed E-state index contributed by atoms with van der Waals surface area (Å²) in [5, 5.41) is 4.22. The molecular weight excluding hydrogens is 292 g/mol. The molecule has 6 heteroatoms. The van der Waals surface area contributed by atoms with Crippen molar-refractivity contribution < 1.29 is 9.53 Å². The molecule has 4 rings (SSSR count). The Morgan fingerprint density at radius 2 is 2.09 bits per heavy atom. The summed E-state index contributed by atoms with van der Waals surface area (Å²) in [6.45, 7) is 4.87. The Labute approximate surface area is 137 Å². The Hall–Kier alpha value is -1.40. The molecule has 6 nitrogen and oxygen atoms in total. The Bertz CT molecular complexity index is 567. The quantitative estimate of drug-likeness (QED) is 0.840. The van der Waals surface area contributed by atoms with E-state index in [1.807, 2.05) is 17.8 Å². The van der Waals surface area contributed by atoms with E-state index in [0.717, 1.165) is 31.6 Å². The minimum atomic E-state index is -0.138. The lowest BCUT2D eigenvalue weighted by atomic mass is 9.97. The van der Waals surface area contributed by atoms with Crippen LogP contribution >= 0.6 is 0 Å². The highest BCUT2D eigenvalue weighted by atomic mass is 16.5. The minimum absolute atomic E-state index is 0.0530. The van der Waals surface area contributed by atoms with Crippen molar-refractivity contribution in [2.24, 2.45) is 13.0 Å². The number of nitrogens with zero attached hydrogens (tertiary/aromatic N) is 4. The lowest BCUT2D eigenvalue weighted by Gasteiger charge is -2.26. The van der Waals surface area contributed by atoms with Crippen LogP contribution in [0, 0.1) is 5.92 Å². The second-order valence-electron chi connectivity index (χ2n) is 7.04. The number of likely N-dealkylation sites (tertiary alicyclic amines) is 2. The SMILES string of the molecule is Cn1nccc1[C@@H]1OCC[C@H]1C(=O)N1CCC(N2CCCC2)C1. The Balaban J connectivity index is 1.43. The fraction of sp³-hybridized carbons (Fsp3) is 0.765. The van der Waals surface area contributed by atoms with Gasteiger partial charge < -0.3 is 9.64 Å². The number of aromatic nitrogens is 2. The van der Waals surface area contributed by atoms with Crippen molar-refractivity contribution in [3.8, 4) is 0 Å². The molecule has 0 spiro atoms. The first-order valence-corrected chi connectivity index (χ1v) is 8.86. The maximum absolute atomic E-state index is 13.0. The molecule has 0 aromatic carbocycles. The predicted octanol–water partition coefficient (Wildman–Crippen LogP) is 1.19. The predicted molar refractivity (Wildman–Crippen MR) is 85.8 cm³/mol. The molecule has 3 atom stereocenters. The summed E-state index contributed by atoms with van der Waals surface area (Å²) in [7, 11) is 1.91. The molecule has 3 aliphatic heterocycles. The molecule has 0 aliphatic carbocycles. The van der Waals surface area contributed by atoms with Crippen LogP contribution < -0.4 is 0 Å². The number of hydrogen-bond donors (Lipinski definition) is 0. The third-order valence-corrected chi connectivity index (χ3v) is 5.69. The van der Waals surface area contributed by atoms with Gasteiger partial charge in [-0.25, -0.2) is 0 Å². The standard InChI is InChI=1S/C17H26N4O2/c1-19-15(4-7-18-19)16-14(6-11-23-16)17(22)21-10-5-13(12-21)20-8-2-3-9-20/h4,7,13-14,16H,2-3,5-6,8-12H2,1H3/t13?,14-,16-/m1/s1. The smallest absolute Gasteiger partial charge is 0.228 e. The van der Waals surface area contributed by atoms with E-state index in [-0.39, 0.29) is 17.9 Å². The van der Waals surface area contributed by atoms with E-state index in [1.54, 1.807) is 6.20 Å². The van der Waals surface area contributed by atoms with Gasteiger partial charge in [-0.05, 0) is 44.8 Å². The van der Waals surface area contributed by atoms with E-state index in [1.165, 1.54) is 25.9 Å². The van der Waals surface area contributed by atoms with Crippen molar-refractivity contribution in [3.05, 3.63) is 18.0 Å². The van der Waals surface area contributed by atoms with Crippen LogP contribution in [0.15, 0.2) is 12.3 Å². The maximum atomic E-state index is 13.0. The molecule has 0 saturated carbocycles. The van der Waals surface area contributed by atoms with Crippen LogP contribution in [0.1, 0.15) is 37.5 Å². The monoisotopic (exact) mass is 318 g/mol. The number of ether oxygens (including phenoxy) is 1. The van der Waals surface area contributed by atoms with Crippen LogP contribution in [0.4, 0.5) is 0 Å². The van der Waals surface area contributed by atoms with Crippen LogP contribution in [0.3, 0.4) is 0 Å². The van der Waals surface area contributed by atoms with Crippen LogP contribution in [0.5, 0.6) is 0 Å². The van der Waals surface area contributed by atoms with Gasteiger partial charge in [0.15, 0.2) is 0 Å². The normalized spacial score (nSPS) is 32.0. The molecule has 3 saturated heterocycles. The van der Waals surface area contributed by atoms with Gasteiger partial charge in [0.2, 0.25) is 5.91 Å². The molecule has 3 aliphatic rings. The summed E-state index contributed by atoms with van der Waals surface area (Å²) in [4.78, 5) is 17.7. The topological polar surface area (TPSA) is 50.6 Å². The molecular formula is C17H26N4O2. The Morgan fingerprint density at radius 1 is 1.26 bits per heavy atom. The number of hydrogen-bond acceptors (Lipinski definition) is 4. The van der Waals surface area contributed by atoms with E-state index in [0.29, 0.717) is 12.6 Å². The molecule has 0 radical (unpaired) electrons. The number of carbonyl (C=O) groups excluding carboxylic acids is 1. The van der Waals surface area contributed by atoms with Crippen molar-refractivity contribution in [1.29, 1.82) is 0 Å². The fourth-order valence-corrected chi connectivity index (χ4v) is 4.38. The zero-order valence-electron chi connectivity index (χ0n) is 13.9. The first kappa shape index (κ1) is 15.1. The van der Waals surface area contributed by atoms with E-state index >= 15 is 0 Å². The van der Waals surface area contributed by atoms with Crippen LogP contribution in [0.25, 0.3) is 0 Å². The maximum Gasteiger partial charge on any atom is 0.228 e. The molecule has 23 heavy (non-hydrogen) atoms. The molecule has 4 heterocycles. The molecule has 0 N–H and O–H groups in total. The first-order chi connectivity index (χ1) is 11.2. The van der Waals surface area contributed by atoms with Gasteiger partial charge in [0.05, 0.1) is 11.6 Å². The number of rotatable bonds is 3. The van der Waals surface area contributed by atoms with E-state index < -0.39 is 0 Å². The summed E-state index contributed by atoms with van der Waals surface area (Å²) in [6, 6.07) is 2.53. The highest BCUT2D eigenvalue weighted by Crippen LogP contribution is 2.36. The highest BCUT2D eigenvalue weighted by molar-refractivity contribution is 5.80. The lowest BCUT2D eigenvalue weighted by Crippen LogP contribution is -2.40. The number of aryl methyl sites for hydroxylation is 1. The van der Waals surface area contributed by atoms with Gasteiger partial charge in [-0.1, -0.05) is 0 Å². The zero-order chi connectivity index (χ0) is 15.8. The average molecular weight is 318 g/mol. The van der Waals surface area contributed by atoms with Crippen LogP contribution in [-0.4, -0.2) is 64.3 Å². The van der Waals surface area contributed by atoms with Crippen molar-refractivity contribution in [3.63, 3.8) is 0 Å². The van der Waals surface area contributed by atoms with Crippen molar-refractivity contribution in [1.82, 2.24) is 19.6 Å². The van der Waals surface area contributed by atoms with Gasteiger partial charge in [0, 0.05) is 39.0 Å². The number of carbonyl (C=O) groups is 1. The van der Waals surface area contributed by atoms with Crippen molar-refractivity contribution in [2.75, 3.05) is 32.8 Å². The van der Waals surface area contributed by atoms with Crippen LogP contribution in [-0.2, 0) is 16.6 Å². The second kappa shape index (κ2) is 6.24. The van der Waals surface area contributed by atoms with Gasteiger partial charge in [-0.15, -0.1) is 0 Å². The van der Waals surface area contributed by atoms with E-state index in [4.69, 9.17) is 4.74 Å². The molecule has 3 fully saturated rings. The average Bonchev–Trinajstić information content (AvgIpc) is 3.31. The molecule has 126 valence electrons. The Morgan fingerprint density at radius 3 is 2.83 bits per heavy atom. The molecule has 1 unspecified atom stereocenters. The summed E-state index contributed by atoms with van der Waals surface area (Å²) in [6.07, 6.45) is 6.20. The van der Waals surface area contributed by atoms with E-state index in [9.17, 15) is 4.79 Å². The van der Waals surface area contributed by atoms with Crippen LogP contribution in [0.2, 0.25) is 0 Å². The lowest BCUT2D eigenvalue weighted by molar-refractivity contribution is -0.136. The summed E-state index contributed by atoms with van der Waals surface area (Å²) in [5.74, 6) is 0.220. The second-order valence-corrected chi connectivity index (χ2v) is 7.04. The molecule has 1 amide bonds. The summed E-state index contributed by atoms with van der Waals surface area (Å²) >= 11 is 0. The van der Waals surface area contributed by atoms with Crippen molar-refractivity contribution >= 4 is 5.91 Å².